The molecule has 3 aromatic rings. The Hall–Kier alpha value is -2.30. The molecular formula is C20H18Cl2N2O2. The second-order valence-electron chi connectivity index (χ2n) is 5.79. The Morgan fingerprint density at radius 1 is 1.23 bits per heavy atom. The Balaban J connectivity index is 2.06. The molecule has 0 unspecified atom stereocenters. The SMILES string of the molecule is CCc1nn(Cc2c(Cl)cccc2Cl)c2cc(C=CC(=O)OC)ccc12. The van der Waals surface area contributed by atoms with Crippen LogP contribution in [0, 0.1) is 0 Å². The minimum atomic E-state index is -0.393. The molecule has 0 N–H and O–H groups in total. The van der Waals surface area contributed by atoms with Gasteiger partial charge in [-0.25, -0.2) is 4.79 Å². The summed E-state index contributed by atoms with van der Waals surface area (Å²) in [6, 6.07) is 11.4. The van der Waals surface area contributed by atoms with Gasteiger partial charge in [0.05, 0.1) is 24.9 Å². The summed E-state index contributed by atoms with van der Waals surface area (Å²) in [5.74, 6) is -0.393. The summed E-state index contributed by atoms with van der Waals surface area (Å²) < 4.78 is 6.54. The van der Waals surface area contributed by atoms with Crippen molar-refractivity contribution in [3.05, 3.63) is 69.3 Å². The van der Waals surface area contributed by atoms with Gasteiger partial charge in [0.15, 0.2) is 0 Å². The molecular weight excluding hydrogens is 371 g/mol. The van der Waals surface area contributed by atoms with Crippen LogP contribution in [0.25, 0.3) is 17.0 Å². The fourth-order valence-corrected chi connectivity index (χ4v) is 3.33. The van der Waals surface area contributed by atoms with Crippen LogP contribution in [-0.4, -0.2) is 22.9 Å². The quantitative estimate of drug-likeness (QED) is 0.448. The van der Waals surface area contributed by atoms with Crippen LogP contribution in [0.4, 0.5) is 0 Å². The monoisotopic (exact) mass is 388 g/mol. The average molecular weight is 389 g/mol. The van der Waals surface area contributed by atoms with Gasteiger partial charge in [-0.2, -0.15) is 5.10 Å². The standard InChI is InChI=1S/C20H18Cl2N2O2/c1-3-18-14-9-7-13(8-10-20(25)26-2)11-19(14)24(23-18)12-15-16(21)5-4-6-17(15)22/h4-11H,3,12H2,1-2H3. The summed E-state index contributed by atoms with van der Waals surface area (Å²) in [6.45, 7) is 2.54. The average Bonchev–Trinajstić information content (AvgIpc) is 3.00. The number of benzene rings is 2. The molecule has 1 heterocycles. The number of carbonyl (C=O) groups is 1. The van der Waals surface area contributed by atoms with E-state index >= 15 is 0 Å². The predicted octanol–water partition coefficient (Wildman–Crippen LogP) is 5.14. The van der Waals surface area contributed by atoms with Crippen LogP contribution >= 0.6 is 23.2 Å². The number of hydrogen-bond acceptors (Lipinski definition) is 3. The van der Waals surface area contributed by atoms with E-state index in [2.05, 4.69) is 11.7 Å². The van der Waals surface area contributed by atoms with E-state index in [0.29, 0.717) is 16.6 Å². The normalized spacial score (nSPS) is 11.4. The molecule has 0 aliphatic rings. The minimum Gasteiger partial charge on any atom is -0.466 e. The summed E-state index contributed by atoms with van der Waals surface area (Å²) in [4.78, 5) is 11.3. The molecule has 0 saturated carbocycles. The maximum atomic E-state index is 11.3. The van der Waals surface area contributed by atoms with Crippen LogP contribution in [0.3, 0.4) is 0 Å². The second kappa shape index (κ2) is 7.94. The van der Waals surface area contributed by atoms with E-state index < -0.39 is 5.97 Å². The van der Waals surface area contributed by atoms with E-state index in [1.165, 1.54) is 13.2 Å². The number of esters is 1. The van der Waals surface area contributed by atoms with Crippen molar-refractivity contribution in [3.8, 4) is 0 Å². The molecule has 3 rings (SSSR count). The number of hydrogen-bond donors (Lipinski definition) is 0. The van der Waals surface area contributed by atoms with Crippen molar-refractivity contribution in [2.24, 2.45) is 0 Å². The lowest BCUT2D eigenvalue weighted by Crippen LogP contribution is -2.03. The van der Waals surface area contributed by atoms with Gasteiger partial charge in [-0.3, -0.25) is 4.68 Å². The molecule has 134 valence electrons. The van der Waals surface area contributed by atoms with Crippen molar-refractivity contribution in [3.63, 3.8) is 0 Å². The number of methoxy groups -OCH3 is 1. The van der Waals surface area contributed by atoms with Gasteiger partial charge >= 0.3 is 5.97 Å². The third-order valence-electron chi connectivity index (χ3n) is 4.17. The molecule has 0 aliphatic carbocycles. The fourth-order valence-electron chi connectivity index (χ4n) is 2.81. The maximum Gasteiger partial charge on any atom is 0.330 e. The Bertz CT molecular complexity index is 973. The predicted molar refractivity (Wildman–Crippen MR) is 106 cm³/mol. The van der Waals surface area contributed by atoms with E-state index in [1.54, 1.807) is 6.08 Å². The zero-order chi connectivity index (χ0) is 18.7. The maximum absolute atomic E-state index is 11.3. The van der Waals surface area contributed by atoms with Crippen LogP contribution in [0.5, 0.6) is 0 Å². The number of carbonyl (C=O) groups excluding carboxylic acids is 1. The van der Waals surface area contributed by atoms with E-state index in [9.17, 15) is 4.79 Å². The Labute approximate surface area is 162 Å². The largest absolute Gasteiger partial charge is 0.466 e. The molecule has 0 radical (unpaired) electrons. The van der Waals surface area contributed by atoms with Gasteiger partial charge < -0.3 is 4.74 Å². The van der Waals surface area contributed by atoms with Crippen LogP contribution in [0.2, 0.25) is 10.0 Å². The van der Waals surface area contributed by atoms with Crippen LogP contribution in [-0.2, 0) is 22.5 Å². The van der Waals surface area contributed by atoms with Gasteiger partial charge in [0, 0.05) is 27.1 Å². The van der Waals surface area contributed by atoms with Crippen LogP contribution < -0.4 is 0 Å². The van der Waals surface area contributed by atoms with Crippen molar-refractivity contribution in [1.29, 1.82) is 0 Å². The summed E-state index contributed by atoms with van der Waals surface area (Å²) in [5.41, 5.74) is 3.69. The Morgan fingerprint density at radius 2 is 1.96 bits per heavy atom. The topological polar surface area (TPSA) is 44.1 Å². The zero-order valence-corrected chi connectivity index (χ0v) is 16.0. The van der Waals surface area contributed by atoms with Crippen molar-refractivity contribution in [1.82, 2.24) is 9.78 Å². The highest BCUT2D eigenvalue weighted by Crippen LogP contribution is 2.28. The molecule has 26 heavy (non-hydrogen) atoms. The summed E-state index contributed by atoms with van der Waals surface area (Å²) in [7, 11) is 1.35. The Kier molecular flexibility index (Phi) is 5.64. The molecule has 0 spiro atoms. The number of ether oxygens (including phenoxy) is 1. The summed E-state index contributed by atoms with van der Waals surface area (Å²) >= 11 is 12.6. The highest BCUT2D eigenvalue weighted by atomic mass is 35.5. The van der Waals surface area contributed by atoms with Gasteiger partial charge in [-0.05, 0) is 36.3 Å². The fraction of sp³-hybridized carbons (Fsp3) is 0.200. The van der Waals surface area contributed by atoms with E-state index in [-0.39, 0.29) is 0 Å². The second-order valence-corrected chi connectivity index (χ2v) is 6.61. The van der Waals surface area contributed by atoms with E-state index in [0.717, 1.165) is 34.1 Å². The first kappa shape index (κ1) is 18.5. The molecule has 0 aliphatic heterocycles. The van der Waals surface area contributed by atoms with Gasteiger partial charge in [0.1, 0.15) is 0 Å². The van der Waals surface area contributed by atoms with Gasteiger partial charge in [-0.1, -0.05) is 48.3 Å². The smallest absolute Gasteiger partial charge is 0.330 e. The first-order chi connectivity index (χ1) is 12.5. The first-order valence-electron chi connectivity index (χ1n) is 8.21. The van der Waals surface area contributed by atoms with Crippen LogP contribution in [0.1, 0.15) is 23.7 Å². The van der Waals surface area contributed by atoms with Gasteiger partial charge in [-0.15, -0.1) is 0 Å². The molecule has 0 fully saturated rings. The van der Waals surface area contributed by atoms with E-state index in [4.69, 9.17) is 28.3 Å². The number of nitrogens with zero attached hydrogens (tertiary/aromatic N) is 2. The lowest BCUT2D eigenvalue weighted by Gasteiger charge is -2.08. The molecule has 0 amide bonds. The van der Waals surface area contributed by atoms with Crippen molar-refractivity contribution >= 4 is 46.2 Å². The summed E-state index contributed by atoms with van der Waals surface area (Å²) in [5, 5.41) is 7.02. The molecule has 6 heteroatoms. The third kappa shape index (κ3) is 3.76. The number of aryl methyl sites for hydroxylation is 1. The molecule has 0 bridgehead atoms. The minimum absolute atomic E-state index is 0.393. The van der Waals surface area contributed by atoms with Gasteiger partial charge in [0.25, 0.3) is 0 Å². The summed E-state index contributed by atoms with van der Waals surface area (Å²) in [6.07, 6.45) is 3.93. The number of fused-ring (bicyclic) bond motifs is 1. The van der Waals surface area contributed by atoms with Crippen LogP contribution in [0.15, 0.2) is 42.5 Å². The zero-order valence-electron chi connectivity index (χ0n) is 14.5. The molecule has 2 aromatic carbocycles. The van der Waals surface area contributed by atoms with Crippen molar-refractivity contribution in [2.75, 3.05) is 7.11 Å². The van der Waals surface area contributed by atoms with Crippen molar-refractivity contribution < 1.29 is 9.53 Å². The number of aromatic nitrogens is 2. The molecule has 0 atom stereocenters. The molecule has 0 saturated heterocycles. The van der Waals surface area contributed by atoms with E-state index in [1.807, 2.05) is 41.1 Å². The lowest BCUT2D eigenvalue weighted by atomic mass is 10.1. The third-order valence-corrected chi connectivity index (χ3v) is 4.88. The van der Waals surface area contributed by atoms with Crippen molar-refractivity contribution in [2.45, 2.75) is 19.9 Å². The first-order valence-corrected chi connectivity index (χ1v) is 8.97. The van der Waals surface area contributed by atoms with Gasteiger partial charge in [0.2, 0.25) is 0 Å². The number of halogens is 2. The Morgan fingerprint density at radius 3 is 2.62 bits per heavy atom. The highest BCUT2D eigenvalue weighted by molar-refractivity contribution is 6.36. The molecule has 4 nitrogen and oxygen atoms in total. The molecule has 1 aromatic heterocycles. The highest BCUT2D eigenvalue weighted by Gasteiger charge is 2.13. The lowest BCUT2D eigenvalue weighted by molar-refractivity contribution is -0.134. The number of rotatable bonds is 5.